The summed E-state index contributed by atoms with van der Waals surface area (Å²) in [6, 6.07) is 15.4. The van der Waals surface area contributed by atoms with Gasteiger partial charge in [0, 0.05) is 11.8 Å². The van der Waals surface area contributed by atoms with E-state index in [2.05, 4.69) is 20.3 Å². The van der Waals surface area contributed by atoms with Crippen molar-refractivity contribution in [3.63, 3.8) is 0 Å². The molecule has 0 spiro atoms. The highest BCUT2D eigenvalue weighted by Gasteiger charge is 2.06. The SMILES string of the molecule is COc1ccc(NC(N)=NCc2ncc(-c3ccccc3)[nH]2)cc1OC.I. The molecule has 4 N–H and O–H groups in total. The Morgan fingerprint density at radius 3 is 2.56 bits per heavy atom. The van der Waals surface area contributed by atoms with Gasteiger partial charge in [0.2, 0.25) is 0 Å². The van der Waals surface area contributed by atoms with E-state index in [9.17, 15) is 0 Å². The maximum atomic E-state index is 5.96. The van der Waals surface area contributed by atoms with Gasteiger partial charge in [-0.2, -0.15) is 0 Å². The first-order valence-corrected chi connectivity index (χ1v) is 8.08. The number of aromatic nitrogens is 2. The van der Waals surface area contributed by atoms with Crippen LogP contribution in [-0.2, 0) is 6.54 Å². The van der Waals surface area contributed by atoms with Gasteiger partial charge in [0.1, 0.15) is 12.4 Å². The van der Waals surface area contributed by atoms with Crippen molar-refractivity contribution in [2.75, 3.05) is 19.5 Å². The molecule has 1 heterocycles. The first kappa shape index (κ1) is 20.6. The number of anilines is 1. The van der Waals surface area contributed by atoms with Crippen LogP contribution in [-0.4, -0.2) is 30.1 Å². The molecule has 0 atom stereocenters. The molecule has 0 saturated carbocycles. The van der Waals surface area contributed by atoms with Crippen molar-refractivity contribution in [1.29, 1.82) is 0 Å². The van der Waals surface area contributed by atoms with Gasteiger partial charge in [0.05, 0.1) is 26.1 Å². The molecule has 142 valence electrons. The van der Waals surface area contributed by atoms with Crippen LogP contribution in [0.25, 0.3) is 11.3 Å². The van der Waals surface area contributed by atoms with E-state index in [-0.39, 0.29) is 29.9 Å². The van der Waals surface area contributed by atoms with E-state index in [1.165, 1.54) is 0 Å². The summed E-state index contributed by atoms with van der Waals surface area (Å²) in [6.45, 7) is 0.346. The minimum Gasteiger partial charge on any atom is -0.493 e. The first-order valence-electron chi connectivity index (χ1n) is 8.08. The number of imidazole rings is 1. The summed E-state index contributed by atoms with van der Waals surface area (Å²) in [5.41, 5.74) is 8.74. The summed E-state index contributed by atoms with van der Waals surface area (Å²) in [6.07, 6.45) is 1.79. The Morgan fingerprint density at radius 2 is 1.85 bits per heavy atom. The minimum atomic E-state index is 0. The van der Waals surface area contributed by atoms with Crippen LogP contribution < -0.4 is 20.5 Å². The number of benzene rings is 2. The lowest BCUT2D eigenvalue weighted by molar-refractivity contribution is 0.355. The Kier molecular flexibility index (Phi) is 7.47. The number of nitrogens with two attached hydrogens (primary N) is 1. The highest BCUT2D eigenvalue weighted by Crippen LogP contribution is 2.29. The summed E-state index contributed by atoms with van der Waals surface area (Å²) in [5.74, 6) is 2.29. The number of aliphatic imine (C=N–C) groups is 1. The third kappa shape index (κ3) is 5.36. The fraction of sp³-hybridized carbons (Fsp3) is 0.158. The van der Waals surface area contributed by atoms with E-state index < -0.39 is 0 Å². The number of halogens is 1. The predicted octanol–water partition coefficient (Wildman–Crippen LogP) is 3.64. The normalized spacial score (nSPS) is 10.8. The average molecular weight is 479 g/mol. The molecule has 1 aromatic heterocycles. The third-order valence-corrected chi connectivity index (χ3v) is 3.77. The summed E-state index contributed by atoms with van der Waals surface area (Å²) in [4.78, 5) is 11.9. The molecule has 0 fully saturated rings. The highest BCUT2D eigenvalue weighted by molar-refractivity contribution is 14.0. The second-order valence-corrected chi connectivity index (χ2v) is 5.51. The molecule has 3 aromatic rings. The zero-order chi connectivity index (χ0) is 18.4. The van der Waals surface area contributed by atoms with Gasteiger partial charge in [-0.15, -0.1) is 24.0 Å². The van der Waals surface area contributed by atoms with Crippen LogP contribution in [0.4, 0.5) is 5.69 Å². The zero-order valence-electron chi connectivity index (χ0n) is 15.1. The fourth-order valence-corrected chi connectivity index (χ4v) is 2.47. The summed E-state index contributed by atoms with van der Waals surface area (Å²) < 4.78 is 10.5. The molecule has 3 rings (SSSR count). The largest absolute Gasteiger partial charge is 0.493 e. The molecule has 0 aliphatic rings. The number of H-pyrrole nitrogens is 1. The fourth-order valence-electron chi connectivity index (χ4n) is 2.47. The molecule has 27 heavy (non-hydrogen) atoms. The van der Waals surface area contributed by atoms with Crippen molar-refractivity contribution < 1.29 is 9.47 Å². The van der Waals surface area contributed by atoms with E-state index in [1.54, 1.807) is 32.5 Å². The van der Waals surface area contributed by atoms with Gasteiger partial charge in [-0.05, 0) is 17.7 Å². The molecule has 0 aliphatic carbocycles. The van der Waals surface area contributed by atoms with Crippen LogP contribution >= 0.6 is 24.0 Å². The number of hydrogen-bond donors (Lipinski definition) is 3. The smallest absolute Gasteiger partial charge is 0.193 e. The van der Waals surface area contributed by atoms with Crippen molar-refractivity contribution in [2.24, 2.45) is 10.7 Å². The van der Waals surface area contributed by atoms with E-state index in [1.807, 2.05) is 36.4 Å². The number of methoxy groups -OCH3 is 2. The monoisotopic (exact) mass is 479 g/mol. The minimum absolute atomic E-state index is 0. The van der Waals surface area contributed by atoms with E-state index in [4.69, 9.17) is 15.2 Å². The Balaban J connectivity index is 0.00000261. The van der Waals surface area contributed by atoms with Crippen molar-refractivity contribution >= 4 is 35.6 Å². The van der Waals surface area contributed by atoms with Crippen LogP contribution in [0.1, 0.15) is 5.82 Å². The molecule has 0 amide bonds. The van der Waals surface area contributed by atoms with E-state index in [0.29, 0.717) is 18.0 Å². The Hall–Kier alpha value is -2.75. The van der Waals surface area contributed by atoms with Gasteiger partial charge in [-0.3, -0.25) is 0 Å². The quantitative estimate of drug-likeness (QED) is 0.285. The topological polar surface area (TPSA) is 97.5 Å². The van der Waals surface area contributed by atoms with Crippen LogP contribution in [0.3, 0.4) is 0 Å². The molecule has 2 aromatic carbocycles. The van der Waals surface area contributed by atoms with Gasteiger partial charge in [-0.25, -0.2) is 9.98 Å². The Bertz CT molecular complexity index is 896. The number of guanidine groups is 1. The van der Waals surface area contributed by atoms with Crippen molar-refractivity contribution in [2.45, 2.75) is 6.54 Å². The van der Waals surface area contributed by atoms with Crippen LogP contribution in [0.15, 0.2) is 59.7 Å². The number of aromatic amines is 1. The van der Waals surface area contributed by atoms with Gasteiger partial charge in [-0.1, -0.05) is 30.3 Å². The molecule has 0 aliphatic heterocycles. The molecule has 0 bridgehead atoms. The maximum Gasteiger partial charge on any atom is 0.193 e. The highest BCUT2D eigenvalue weighted by atomic mass is 127. The summed E-state index contributed by atoms with van der Waals surface area (Å²) in [5, 5.41) is 3.03. The van der Waals surface area contributed by atoms with Crippen molar-refractivity contribution in [1.82, 2.24) is 9.97 Å². The summed E-state index contributed by atoms with van der Waals surface area (Å²) in [7, 11) is 3.17. The number of nitrogens with zero attached hydrogens (tertiary/aromatic N) is 2. The van der Waals surface area contributed by atoms with Gasteiger partial charge in [0.25, 0.3) is 0 Å². The molecule has 0 saturated heterocycles. The molecule has 8 heteroatoms. The lowest BCUT2D eigenvalue weighted by Crippen LogP contribution is -2.22. The average Bonchev–Trinajstić information content (AvgIpc) is 3.16. The van der Waals surface area contributed by atoms with Crippen molar-refractivity contribution in [3.8, 4) is 22.8 Å². The molecular weight excluding hydrogens is 457 g/mol. The Labute approximate surface area is 175 Å². The second kappa shape index (κ2) is 9.81. The zero-order valence-corrected chi connectivity index (χ0v) is 17.4. The Morgan fingerprint density at radius 1 is 1.11 bits per heavy atom. The van der Waals surface area contributed by atoms with Crippen LogP contribution in [0, 0.1) is 0 Å². The molecule has 0 unspecified atom stereocenters. The lowest BCUT2D eigenvalue weighted by atomic mass is 10.2. The van der Waals surface area contributed by atoms with Crippen LogP contribution in [0.2, 0.25) is 0 Å². The van der Waals surface area contributed by atoms with E-state index >= 15 is 0 Å². The second-order valence-electron chi connectivity index (χ2n) is 5.51. The van der Waals surface area contributed by atoms with Crippen LogP contribution in [0.5, 0.6) is 11.5 Å². The maximum absolute atomic E-state index is 5.96. The van der Waals surface area contributed by atoms with E-state index in [0.717, 1.165) is 22.8 Å². The first-order chi connectivity index (χ1) is 12.7. The predicted molar refractivity (Wildman–Crippen MR) is 118 cm³/mol. The van der Waals surface area contributed by atoms with Gasteiger partial charge in [0.15, 0.2) is 17.5 Å². The number of rotatable bonds is 6. The number of hydrogen-bond acceptors (Lipinski definition) is 4. The number of nitrogens with one attached hydrogen (secondary N) is 2. The standard InChI is InChI=1S/C19H21N5O2.HI/c1-25-16-9-8-14(10-17(16)26-2)23-19(20)22-12-18-21-11-15(24-18)13-6-4-3-5-7-13;/h3-11H,12H2,1-2H3,(H,21,24)(H3,20,22,23);1H. The van der Waals surface area contributed by atoms with Crippen molar-refractivity contribution in [3.05, 3.63) is 60.6 Å². The van der Waals surface area contributed by atoms with Gasteiger partial charge < -0.3 is 25.5 Å². The van der Waals surface area contributed by atoms with Gasteiger partial charge >= 0.3 is 0 Å². The third-order valence-electron chi connectivity index (χ3n) is 3.77. The summed E-state index contributed by atoms with van der Waals surface area (Å²) >= 11 is 0. The molecule has 0 radical (unpaired) electrons. The lowest BCUT2D eigenvalue weighted by Gasteiger charge is -2.10. The molecule has 7 nitrogen and oxygen atoms in total. The number of ether oxygens (including phenoxy) is 2. The molecular formula is C19H22IN5O2.